The van der Waals surface area contributed by atoms with E-state index in [1.165, 1.54) is 12.2 Å². The van der Waals surface area contributed by atoms with Crippen molar-refractivity contribution in [3.05, 3.63) is 71.8 Å². The van der Waals surface area contributed by atoms with E-state index in [2.05, 4.69) is 20.5 Å². The summed E-state index contributed by atoms with van der Waals surface area (Å²) in [7, 11) is 0. The van der Waals surface area contributed by atoms with Crippen LogP contribution in [0.25, 0.3) is 17.2 Å². The molecule has 0 saturated carbocycles. The summed E-state index contributed by atoms with van der Waals surface area (Å²) in [6.07, 6.45) is 9.23. The average Bonchev–Trinajstić information content (AvgIpc) is 3.17. The van der Waals surface area contributed by atoms with Crippen LogP contribution >= 0.6 is 0 Å². The zero-order valence-electron chi connectivity index (χ0n) is 13.4. The second kappa shape index (κ2) is 7.66. The number of aliphatic hydroxyl groups excluding tert-OH is 1. The van der Waals surface area contributed by atoms with Gasteiger partial charge in [-0.15, -0.1) is 0 Å². The first-order chi connectivity index (χ1) is 12.6. The molecular formula is C18H14F2N4O2. The second-order valence-corrected chi connectivity index (χ2v) is 5.35. The Hall–Kier alpha value is -3.39. The fraction of sp³-hybridized carbons (Fsp3) is 0.0556. The van der Waals surface area contributed by atoms with Crippen LogP contribution in [0.3, 0.4) is 0 Å². The van der Waals surface area contributed by atoms with Crippen molar-refractivity contribution in [1.29, 1.82) is 0 Å². The van der Waals surface area contributed by atoms with E-state index in [0.29, 0.717) is 5.56 Å². The first kappa shape index (κ1) is 17.4. The van der Waals surface area contributed by atoms with Gasteiger partial charge in [-0.05, 0) is 23.8 Å². The lowest BCUT2D eigenvalue weighted by molar-refractivity contribution is -0.111. The lowest BCUT2D eigenvalue weighted by atomic mass is 10.0. The number of carbonyl (C=O) groups is 1. The molecule has 132 valence electrons. The van der Waals surface area contributed by atoms with Crippen molar-refractivity contribution in [2.75, 3.05) is 5.32 Å². The van der Waals surface area contributed by atoms with Gasteiger partial charge >= 0.3 is 0 Å². The van der Waals surface area contributed by atoms with Crippen molar-refractivity contribution in [3.8, 4) is 11.1 Å². The number of anilines is 1. The molecule has 26 heavy (non-hydrogen) atoms. The number of aliphatic hydroxyl groups is 1. The molecule has 0 atom stereocenters. The van der Waals surface area contributed by atoms with Gasteiger partial charge in [-0.2, -0.15) is 5.10 Å². The van der Waals surface area contributed by atoms with E-state index >= 15 is 0 Å². The van der Waals surface area contributed by atoms with Crippen LogP contribution in [-0.4, -0.2) is 26.2 Å². The highest BCUT2D eigenvalue weighted by atomic mass is 19.1. The van der Waals surface area contributed by atoms with Crippen molar-refractivity contribution in [2.45, 2.75) is 6.61 Å². The molecule has 0 bridgehead atoms. The predicted molar refractivity (Wildman–Crippen MR) is 91.8 cm³/mol. The SMILES string of the molecule is O=C(/C=C/c1cnccc1-c1cn[nH]c1)Nc1cc(F)c(CO)cc1F. The number of amides is 1. The van der Waals surface area contributed by atoms with Crippen molar-refractivity contribution >= 4 is 17.7 Å². The molecule has 1 aromatic carbocycles. The molecule has 2 heterocycles. The molecule has 0 radical (unpaired) electrons. The van der Waals surface area contributed by atoms with Gasteiger partial charge in [-0.3, -0.25) is 14.9 Å². The summed E-state index contributed by atoms with van der Waals surface area (Å²) in [6.45, 7) is -0.630. The minimum absolute atomic E-state index is 0.184. The lowest BCUT2D eigenvalue weighted by Gasteiger charge is -2.07. The zero-order chi connectivity index (χ0) is 18.5. The largest absolute Gasteiger partial charge is 0.392 e. The van der Waals surface area contributed by atoms with Gasteiger partial charge in [-0.1, -0.05) is 0 Å². The summed E-state index contributed by atoms with van der Waals surface area (Å²) in [6, 6.07) is 3.44. The third-order valence-electron chi connectivity index (χ3n) is 3.64. The average molecular weight is 356 g/mol. The number of aromatic nitrogens is 3. The maximum atomic E-state index is 13.9. The Kier molecular flexibility index (Phi) is 5.14. The molecule has 0 aliphatic rings. The van der Waals surface area contributed by atoms with Crippen LogP contribution < -0.4 is 5.32 Å². The molecule has 6 nitrogen and oxygen atoms in total. The van der Waals surface area contributed by atoms with Crippen LogP contribution in [0.1, 0.15) is 11.1 Å². The number of carbonyl (C=O) groups excluding carboxylic acids is 1. The number of nitrogens with zero attached hydrogens (tertiary/aromatic N) is 2. The normalized spacial score (nSPS) is 11.0. The summed E-state index contributed by atoms with van der Waals surface area (Å²) in [4.78, 5) is 16.0. The molecule has 0 aliphatic carbocycles. The number of nitrogens with one attached hydrogen (secondary N) is 2. The van der Waals surface area contributed by atoms with E-state index in [1.807, 2.05) is 0 Å². The van der Waals surface area contributed by atoms with Crippen molar-refractivity contribution in [2.24, 2.45) is 0 Å². The highest BCUT2D eigenvalue weighted by Gasteiger charge is 2.11. The van der Waals surface area contributed by atoms with Gasteiger partial charge in [-0.25, -0.2) is 8.78 Å². The maximum Gasteiger partial charge on any atom is 0.248 e. The topological polar surface area (TPSA) is 90.9 Å². The van der Waals surface area contributed by atoms with Gasteiger partial charge in [0, 0.05) is 47.4 Å². The van der Waals surface area contributed by atoms with Crippen LogP contribution in [0.4, 0.5) is 14.5 Å². The van der Waals surface area contributed by atoms with Gasteiger partial charge in [0.15, 0.2) is 0 Å². The highest BCUT2D eigenvalue weighted by Crippen LogP contribution is 2.23. The van der Waals surface area contributed by atoms with Crippen LogP contribution in [0, 0.1) is 11.6 Å². The van der Waals surface area contributed by atoms with Crippen molar-refractivity contribution in [1.82, 2.24) is 15.2 Å². The number of hydrogen-bond donors (Lipinski definition) is 3. The lowest BCUT2D eigenvalue weighted by Crippen LogP contribution is -2.10. The Morgan fingerprint density at radius 1 is 1.27 bits per heavy atom. The predicted octanol–water partition coefficient (Wildman–Crippen LogP) is 2.89. The standard InChI is InChI=1S/C18H14F2N4O2/c19-15-6-17(16(20)5-12(15)10-25)24-18(26)2-1-11-7-21-4-3-14(11)13-8-22-23-9-13/h1-9,25H,10H2,(H,22,23)(H,24,26)/b2-1+. The quantitative estimate of drug-likeness (QED) is 0.613. The molecular weight excluding hydrogens is 342 g/mol. The van der Waals surface area contributed by atoms with Crippen LogP contribution in [-0.2, 0) is 11.4 Å². The Labute approximate surface area is 147 Å². The fourth-order valence-corrected chi connectivity index (χ4v) is 2.35. The smallest absolute Gasteiger partial charge is 0.248 e. The van der Waals surface area contributed by atoms with Crippen LogP contribution in [0.2, 0.25) is 0 Å². The van der Waals surface area contributed by atoms with Crippen molar-refractivity contribution < 1.29 is 18.7 Å². The van der Waals surface area contributed by atoms with Crippen LogP contribution in [0.5, 0.6) is 0 Å². The first-order valence-corrected chi connectivity index (χ1v) is 7.59. The van der Waals surface area contributed by atoms with E-state index < -0.39 is 24.1 Å². The molecule has 1 amide bonds. The van der Waals surface area contributed by atoms with Gasteiger partial charge in [0.1, 0.15) is 11.6 Å². The Morgan fingerprint density at radius 3 is 2.85 bits per heavy atom. The summed E-state index contributed by atoms with van der Waals surface area (Å²) >= 11 is 0. The molecule has 0 fully saturated rings. The summed E-state index contributed by atoms with van der Waals surface area (Å²) < 4.78 is 27.5. The molecule has 0 unspecified atom stereocenters. The monoisotopic (exact) mass is 356 g/mol. The third-order valence-corrected chi connectivity index (χ3v) is 3.64. The molecule has 3 aromatic rings. The maximum absolute atomic E-state index is 13.9. The van der Waals surface area contributed by atoms with Gasteiger partial charge in [0.2, 0.25) is 5.91 Å². The van der Waals surface area contributed by atoms with E-state index in [-0.39, 0.29) is 11.3 Å². The van der Waals surface area contributed by atoms with Crippen LogP contribution in [0.15, 0.2) is 49.1 Å². The summed E-state index contributed by atoms with van der Waals surface area (Å²) in [5.41, 5.74) is 1.79. The number of pyridine rings is 1. The van der Waals surface area contributed by atoms with Crippen molar-refractivity contribution in [3.63, 3.8) is 0 Å². The molecule has 0 spiro atoms. The molecule has 3 rings (SSSR count). The number of rotatable bonds is 5. The summed E-state index contributed by atoms with van der Waals surface area (Å²) in [5, 5.41) is 17.8. The first-order valence-electron chi connectivity index (χ1n) is 7.59. The zero-order valence-corrected chi connectivity index (χ0v) is 13.4. The number of halogens is 2. The second-order valence-electron chi connectivity index (χ2n) is 5.35. The number of hydrogen-bond acceptors (Lipinski definition) is 4. The molecule has 3 N–H and O–H groups in total. The fourth-order valence-electron chi connectivity index (χ4n) is 2.35. The molecule has 0 aliphatic heterocycles. The molecule has 2 aromatic heterocycles. The number of aromatic amines is 1. The minimum atomic E-state index is -0.835. The minimum Gasteiger partial charge on any atom is -0.392 e. The van der Waals surface area contributed by atoms with Gasteiger partial charge in [0.25, 0.3) is 0 Å². The van der Waals surface area contributed by atoms with E-state index in [0.717, 1.165) is 23.3 Å². The third kappa shape index (κ3) is 3.81. The van der Waals surface area contributed by atoms with Gasteiger partial charge in [0.05, 0.1) is 18.5 Å². The number of benzene rings is 1. The summed E-state index contributed by atoms with van der Waals surface area (Å²) in [5.74, 6) is -2.28. The number of H-pyrrole nitrogens is 1. The Morgan fingerprint density at radius 2 is 2.12 bits per heavy atom. The van der Waals surface area contributed by atoms with E-state index in [4.69, 9.17) is 5.11 Å². The highest BCUT2D eigenvalue weighted by molar-refractivity contribution is 6.02. The molecule has 8 heteroatoms. The van der Waals surface area contributed by atoms with Gasteiger partial charge < -0.3 is 10.4 Å². The Balaban J connectivity index is 1.78. The van der Waals surface area contributed by atoms with E-state index in [1.54, 1.807) is 30.9 Å². The molecule has 0 saturated heterocycles. The van der Waals surface area contributed by atoms with E-state index in [9.17, 15) is 13.6 Å². The Bertz CT molecular complexity index is 956.